The zero-order chi connectivity index (χ0) is 17.3. The molecule has 2 aromatic rings. The lowest BCUT2D eigenvalue weighted by Crippen LogP contribution is -2.25. The summed E-state index contributed by atoms with van der Waals surface area (Å²) in [6.07, 6.45) is 3.97. The lowest BCUT2D eigenvalue weighted by molar-refractivity contribution is 0.582. The van der Waals surface area contributed by atoms with Gasteiger partial charge in [0.2, 0.25) is 10.0 Å². The average Bonchev–Trinajstić information content (AvgIpc) is 3.40. The fourth-order valence-electron chi connectivity index (χ4n) is 2.55. The van der Waals surface area contributed by atoms with Crippen molar-refractivity contribution in [3.8, 4) is 11.1 Å². The van der Waals surface area contributed by atoms with Crippen molar-refractivity contribution < 1.29 is 8.42 Å². The van der Waals surface area contributed by atoms with Crippen molar-refractivity contribution in [3.63, 3.8) is 0 Å². The van der Waals surface area contributed by atoms with E-state index in [1.807, 2.05) is 18.2 Å². The molecule has 1 saturated carbocycles. The minimum atomic E-state index is -3.26. The molecule has 7 heteroatoms. The summed E-state index contributed by atoms with van der Waals surface area (Å²) in [6, 6.07) is 7.39. The Morgan fingerprint density at radius 2 is 2.04 bits per heavy atom. The van der Waals surface area contributed by atoms with Gasteiger partial charge in [-0.2, -0.15) is 0 Å². The predicted octanol–water partition coefficient (Wildman–Crippen LogP) is 4.37. The van der Waals surface area contributed by atoms with Crippen molar-refractivity contribution in [1.82, 2.24) is 9.71 Å². The Hall–Kier alpha value is -1.14. The Kier molecular flexibility index (Phi) is 5.16. The molecule has 0 radical (unpaired) electrons. The third kappa shape index (κ3) is 3.91. The van der Waals surface area contributed by atoms with E-state index in [0.29, 0.717) is 16.0 Å². The van der Waals surface area contributed by atoms with Crippen LogP contribution in [0.15, 0.2) is 30.5 Å². The molecule has 0 bridgehead atoms. The van der Waals surface area contributed by atoms with Crippen molar-refractivity contribution in [2.24, 2.45) is 0 Å². The highest BCUT2D eigenvalue weighted by atomic mass is 35.5. The lowest BCUT2D eigenvalue weighted by atomic mass is 10.0. The van der Waals surface area contributed by atoms with Crippen molar-refractivity contribution >= 4 is 33.2 Å². The van der Waals surface area contributed by atoms with Gasteiger partial charge in [-0.25, -0.2) is 13.1 Å². The van der Waals surface area contributed by atoms with Gasteiger partial charge in [0.25, 0.3) is 0 Å². The van der Waals surface area contributed by atoms with Crippen LogP contribution in [-0.4, -0.2) is 19.2 Å². The Balaban J connectivity index is 1.98. The molecule has 3 rings (SSSR count). The SMILES string of the molecule is CCS(=O)(=O)NCc1cc(-c2cccc(Cl)c2Cl)cnc1C1CC1. The van der Waals surface area contributed by atoms with Crippen LogP contribution in [0.4, 0.5) is 0 Å². The maximum Gasteiger partial charge on any atom is 0.211 e. The van der Waals surface area contributed by atoms with Gasteiger partial charge in [-0.3, -0.25) is 4.98 Å². The monoisotopic (exact) mass is 384 g/mol. The molecule has 4 nitrogen and oxygen atoms in total. The zero-order valence-electron chi connectivity index (χ0n) is 13.2. The quantitative estimate of drug-likeness (QED) is 0.803. The molecule has 0 saturated heterocycles. The average molecular weight is 385 g/mol. The molecule has 0 unspecified atom stereocenters. The van der Waals surface area contributed by atoms with Gasteiger partial charge in [0, 0.05) is 35.5 Å². The second-order valence-corrected chi connectivity index (χ2v) is 8.75. The van der Waals surface area contributed by atoms with Gasteiger partial charge in [-0.05, 0) is 37.5 Å². The topological polar surface area (TPSA) is 59.1 Å². The Labute approximate surface area is 152 Å². The van der Waals surface area contributed by atoms with Gasteiger partial charge in [0.1, 0.15) is 0 Å². The highest BCUT2D eigenvalue weighted by Crippen LogP contribution is 2.42. The van der Waals surface area contributed by atoms with E-state index in [1.165, 1.54) is 0 Å². The lowest BCUT2D eigenvalue weighted by Gasteiger charge is -2.13. The molecule has 1 aromatic heterocycles. The molecule has 1 heterocycles. The number of benzene rings is 1. The van der Waals surface area contributed by atoms with Crippen LogP contribution in [0, 0.1) is 0 Å². The molecule has 1 aromatic carbocycles. The second-order valence-electron chi connectivity index (χ2n) is 5.87. The number of nitrogens with zero attached hydrogens (tertiary/aromatic N) is 1. The van der Waals surface area contributed by atoms with E-state index < -0.39 is 10.0 Å². The number of hydrogen-bond donors (Lipinski definition) is 1. The van der Waals surface area contributed by atoms with Gasteiger partial charge in [-0.1, -0.05) is 35.3 Å². The van der Waals surface area contributed by atoms with Crippen molar-refractivity contribution in [3.05, 3.63) is 51.8 Å². The van der Waals surface area contributed by atoms with E-state index in [-0.39, 0.29) is 12.3 Å². The standard InChI is InChI=1S/C17H18Cl2N2O2S/c1-2-24(22,23)21-10-13-8-12(9-20-17(13)11-6-7-11)14-4-3-5-15(18)16(14)19/h3-5,8-9,11,21H,2,6-7,10H2,1H3. The van der Waals surface area contributed by atoms with E-state index in [0.717, 1.165) is 35.2 Å². The van der Waals surface area contributed by atoms with Gasteiger partial charge in [0.15, 0.2) is 0 Å². The summed E-state index contributed by atoms with van der Waals surface area (Å²) in [4.78, 5) is 4.58. The van der Waals surface area contributed by atoms with Crippen molar-refractivity contribution in [2.45, 2.75) is 32.2 Å². The summed E-state index contributed by atoms with van der Waals surface area (Å²) in [7, 11) is -3.26. The first-order valence-electron chi connectivity index (χ1n) is 7.82. The molecule has 0 atom stereocenters. The number of nitrogens with one attached hydrogen (secondary N) is 1. The van der Waals surface area contributed by atoms with Crippen LogP contribution < -0.4 is 4.72 Å². The third-order valence-corrected chi connectivity index (χ3v) is 6.25. The maximum absolute atomic E-state index is 11.8. The number of rotatable bonds is 6. The molecule has 24 heavy (non-hydrogen) atoms. The molecule has 1 N–H and O–H groups in total. The largest absolute Gasteiger partial charge is 0.260 e. The minimum absolute atomic E-state index is 0.0546. The van der Waals surface area contributed by atoms with Gasteiger partial charge in [-0.15, -0.1) is 0 Å². The summed E-state index contributed by atoms with van der Waals surface area (Å²) in [5.74, 6) is 0.481. The summed E-state index contributed by atoms with van der Waals surface area (Å²) >= 11 is 12.4. The first-order valence-corrected chi connectivity index (χ1v) is 10.2. The minimum Gasteiger partial charge on any atom is -0.260 e. The number of pyridine rings is 1. The number of sulfonamides is 1. The fraction of sp³-hybridized carbons (Fsp3) is 0.353. The number of aromatic nitrogens is 1. The van der Waals surface area contributed by atoms with E-state index >= 15 is 0 Å². The van der Waals surface area contributed by atoms with Crippen LogP contribution in [0.5, 0.6) is 0 Å². The summed E-state index contributed by atoms with van der Waals surface area (Å²) in [6.45, 7) is 1.85. The number of hydrogen-bond acceptors (Lipinski definition) is 3. The second kappa shape index (κ2) is 7.00. The first-order chi connectivity index (χ1) is 11.4. The molecule has 1 fully saturated rings. The Morgan fingerprint density at radius 1 is 1.29 bits per heavy atom. The van der Waals surface area contributed by atoms with Gasteiger partial charge >= 0.3 is 0 Å². The van der Waals surface area contributed by atoms with E-state index in [4.69, 9.17) is 23.2 Å². The molecule has 1 aliphatic carbocycles. The molecular weight excluding hydrogens is 367 g/mol. The molecule has 128 valence electrons. The van der Waals surface area contributed by atoms with Crippen LogP contribution in [0.2, 0.25) is 10.0 Å². The third-order valence-electron chi connectivity index (χ3n) is 4.09. The summed E-state index contributed by atoms with van der Waals surface area (Å²) in [5.41, 5.74) is 3.48. The van der Waals surface area contributed by atoms with Crippen LogP contribution in [0.3, 0.4) is 0 Å². The molecule has 0 spiro atoms. The van der Waals surface area contributed by atoms with E-state index in [2.05, 4.69) is 9.71 Å². The van der Waals surface area contributed by atoms with E-state index in [9.17, 15) is 8.42 Å². The van der Waals surface area contributed by atoms with Crippen LogP contribution in [0.1, 0.15) is 36.9 Å². The highest BCUT2D eigenvalue weighted by molar-refractivity contribution is 7.89. The molecular formula is C17H18Cl2N2O2S. The van der Waals surface area contributed by atoms with Crippen LogP contribution in [0.25, 0.3) is 11.1 Å². The van der Waals surface area contributed by atoms with Gasteiger partial charge < -0.3 is 0 Å². The zero-order valence-corrected chi connectivity index (χ0v) is 15.5. The van der Waals surface area contributed by atoms with Gasteiger partial charge in [0.05, 0.1) is 15.8 Å². The fourth-order valence-corrected chi connectivity index (χ4v) is 3.54. The predicted molar refractivity (Wildman–Crippen MR) is 98.0 cm³/mol. The first kappa shape index (κ1) is 17.7. The molecule has 0 aliphatic heterocycles. The normalized spacial score (nSPS) is 14.8. The molecule has 1 aliphatic rings. The highest BCUT2D eigenvalue weighted by Gasteiger charge is 2.28. The number of halogens is 2. The summed E-state index contributed by atoms with van der Waals surface area (Å²) in [5, 5.41) is 0.953. The summed E-state index contributed by atoms with van der Waals surface area (Å²) < 4.78 is 26.1. The molecule has 0 amide bonds. The maximum atomic E-state index is 11.8. The van der Waals surface area contributed by atoms with Crippen LogP contribution in [-0.2, 0) is 16.6 Å². The Morgan fingerprint density at radius 3 is 2.71 bits per heavy atom. The van der Waals surface area contributed by atoms with Crippen LogP contribution >= 0.6 is 23.2 Å². The Bertz CT molecular complexity index is 865. The smallest absolute Gasteiger partial charge is 0.211 e. The van der Waals surface area contributed by atoms with E-state index in [1.54, 1.807) is 19.2 Å². The van der Waals surface area contributed by atoms with Crippen molar-refractivity contribution in [1.29, 1.82) is 0 Å². The van der Waals surface area contributed by atoms with Crippen molar-refractivity contribution in [2.75, 3.05) is 5.75 Å².